The lowest BCUT2D eigenvalue weighted by Crippen LogP contribution is -2.09. The van der Waals surface area contributed by atoms with Crippen molar-refractivity contribution in [3.8, 4) is 11.5 Å². The second kappa shape index (κ2) is 6.80. The first-order valence-corrected chi connectivity index (χ1v) is 7.84. The molecule has 0 aliphatic rings. The summed E-state index contributed by atoms with van der Waals surface area (Å²) in [6.45, 7) is 8.16. The third-order valence-electron chi connectivity index (χ3n) is 3.01. The Labute approximate surface area is 130 Å². The van der Waals surface area contributed by atoms with Gasteiger partial charge in [-0.1, -0.05) is 6.07 Å². The lowest BCUT2D eigenvalue weighted by Gasteiger charge is -2.18. The first kappa shape index (κ1) is 15.6. The molecule has 21 heavy (non-hydrogen) atoms. The Hall–Kier alpha value is -1.75. The zero-order valence-electron chi connectivity index (χ0n) is 13.1. The van der Waals surface area contributed by atoms with Gasteiger partial charge in [0.25, 0.3) is 0 Å². The van der Waals surface area contributed by atoms with Gasteiger partial charge in [0.1, 0.15) is 0 Å². The summed E-state index contributed by atoms with van der Waals surface area (Å²) in [5.41, 5.74) is 1.14. The van der Waals surface area contributed by atoms with E-state index in [-0.39, 0.29) is 12.1 Å². The third-order valence-corrected chi connectivity index (χ3v) is 3.86. The van der Waals surface area contributed by atoms with Crippen LogP contribution in [0.3, 0.4) is 0 Å². The van der Waals surface area contributed by atoms with Gasteiger partial charge in [-0.05, 0) is 45.4 Å². The van der Waals surface area contributed by atoms with Crippen molar-refractivity contribution in [2.75, 3.05) is 12.4 Å². The van der Waals surface area contributed by atoms with Crippen molar-refractivity contribution >= 4 is 16.5 Å². The topological polar surface area (TPSA) is 43.4 Å². The zero-order chi connectivity index (χ0) is 15.4. The molecule has 0 aliphatic heterocycles. The van der Waals surface area contributed by atoms with Crippen molar-refractivity contribution in [3.63, 3.8) is 0 Å². The second-order valence-electron chi connectivity index (χ2n) is 5.22. The van der Waals surface area contributed by atoms with Gasteiger partial charge in [-0.3, -0.25) is 0 Å². The normalized spacial score (nSPS) is 12.3. The molecule has 1 heterocycles. The number of aryl methyl sites for hydroxylation is 1. The van der Waals surface area contributed by atoms with Crippen LogP contribution in [0.1, 0.15) is 37.3 Å². The van der Waals surface area contributed by atoms with E-state index >= 15 is 0 Å². The fourth-order valence-electron chi connectivity index (χ4n) is 1.99. The van der Waals surface area contributed by atoms with E-state index < -0.39 is 0 Å². The van der Waals surface area contributed by atoms with Crippen LogP contribution in [-0.4, -0.2) is 18.2 Å². The molecule has 0 bridgehead atoms. The molecule has 0 saturated carbocycles. The highest BCUT2D eigenvalue weighted by Crippen LogP contribution is 2.32. The van der Waals surface area contributed by atoms with Gasteiger partial charge in [-0.25, -0.2) is 4.98 Å². The summed E-state index contributed by atoms with van der Waals surface area (Å²) in [6.07, 6.45) is 2.00. The number of rotatable bonds is 6. The van der Waals surface area contributed by atoms with Crippen molar-refractivity contribution in [3.05, 3.63) is 34.8 Å². The highest BCUT2D eigenvalue weighted by Gasteiger charge is 2.12. The minimum absolute atomic E-state index is 0.124. The molecule has 0 saturated heterocycles. The molecular weight excluding hydrogens is 284 g/mol. The van der Waals surface area contributed by atoms with Crippen molar-refractivity contribution < 1.29 is 9.47 Å². The molecule has 114 valence electrons. The standard InChI is InChI=1S/C16H22N2O2S/c1-10(2)20-14-7-6-13(8-15(14)19-5)12(4)18-16-17-9-11(3)21-16/h6-10,12H,1-5H3,(H,17,18). The SMILES string of the molecule is COc1cc(C(C)Nc2ncc(C)s2)ccc1OC(C)C. The summed E-state index contributed by atoms with van der Waals surface area (Å²) in [4.78, 5) is 5.53. The Morgan fingerprint density at radius 3 is 2.52 bits per heavy atom. The molecule has 0 aliphatic carbocycles. The number of ether oxygens (including phenoxy) is 2. The van der Waals surface area contributed by atoms with E-state index in [2.05, 4.69) is 30.2 Å². The van der Waals surface area contributed by atoms with Gasteiger partial charge in [0.15, 0.2) is 16.6 Å². The number of hydrogen-bond donors (Lipinski definition) is 1. The van der Waals surface area contributed by atoms with Crippen LogP contribution in [-0.2, 0) is 0 Å². The van der Waals surface area contributed by atoms with Crippen molar-refractivity contribution in [2.45, 2.75) is 39.8 Å². The lowest BCUT2D eigenvalue weighted by atomic mass is 10.1. The fourth-order valence-corrected chi connectivity index (χ4v) is 2.75. The zero-order valence-corrected chi connectivity index (χ0v) is 14.0. The van der Waals surface area contributed by atoms with E-state index in [1.807, 2.05) is 32.2 Å². The Balaban J connectivity index is 2.15. The first-order valence-electron chi connectivity index (χ1n) is 7.03. The van der Waals surface area contributed by atoms with Gasteiger partial charge in [0.2, 0.25) is 0 Å². The molecule has 5 heteroatoms. The monoisotopic (exact) mass is 306 g/mol. The van der Waals surface area contributed by atoms with E-state index in [0.29, 0.717) is 0 Å². The maximum atomic E-state index is 5.74. The van der Waals surface area contributed by atoms with Gasteiger partial charge < -0.3 is 14.8 Å². The van der Waals surface area contributed by atoms with Gasteiger partial charge >= 0.3 is 0 Å². The molecule has 0 spiro atoms. The maximum Gasteiger partial charge on any atom is 0.183 e. The average Bonchev–Trinajstić information content (AvgIpc) is 2.83. The third kappa shape index (κ3) is 4.11. The number of hydrogen-bond acceptors (Lipinski definition) is 5. The number of aromatic nitrogens is 1. The van der Waals surface area contributed by atoms with Gasteiger partial charge in [-0.15, -0.1) is 11.3 Å². The molecule has 2 rings (SSSR count). The molecule has 1 atom stereocenters. The van der Waals surface area contributed by atoms with E-state index in [1.54, 1.807) is 18.4 Å². The van der Waals surface area contributed by atoms with Crippen LogP contribution in [0.2, 0.25) is 0 Å². The number of benzene rings is 1. The van der Waals surface area contributed by atoms with Gasteiger partial charge in [-0.2, -0.15) is 0 Å². The van der Waals surface area contributed by atoms with Gasteiger partial charge in [0.05, 0.1) is 19.3 Å². The van der Waals surface area contributed by atoms with Crippen LogP contribution in [0.4, 0.5) is 5.13 Å². The number of nitrogens with one attached hydrogen (secondary N) is 1. The lowest BCUT2D eigenvalue weighted by molar-refractivity contribution is 0.230. The summed E-state index contributed by atoms with van der Waals surface area (Å²) in [6, 6.07) is 6.17. The van der Waals surface area contributed by atoms with E-state index in [1.165, 1.54) is 4.88 Å². The number of methoxy groups -OCH3 is 1. The van der Waals surface area contributed by atoms with Crippen LogP contribution in [0, 0.1) is 6.92 Å². The molecular formula is C16H22N2O2S. The van der Waals surface area contributed by atoms with E-state index in [0.717, 1.165) is 22.2 Å². The van der Waals surface area contributed by atoms with Crippen LogP contribution in [0.25, 0.3) is 0 Å². The molecule has 0 fully saturated rings. The number of thiazole rings is 1. The molecule has 1 N–H and O–H groups in total. The Bertz CT molecular complexity index is 596. The Kier molecular flexibility index (Phi) is 5.07. The van der Waals surface area contributed by atoms with Crippen molar-refractivity contribution in [2.24, 2.45) is 0 Å². The highest BCUT2D eigenvalue weighted by molar-refractivity contribution is 7.15. The van der Waals surface area contributed by atoms with Crippen molar-refractivity contribution in [1.82, 2.24) is 4.98 Å². The van der Waals surface area contributed by atoms with Crippen LogP contribution in [0.15, 0.2) is 24.4 Å². The second-order valence-corrected chi connectivity index (χ2v) is 6.45. The van der Waals surface area contributed by atoms with Crippen LogP contribution < -0.4 is 14.8 Å². The van der Waals surface area contributed by atoms with Gasteiger partial charge in [0, 0.05) is 11.1 Å². The van der Waals surface area contributed by atoms with Crippen molar-refractivity contribution in [1.29, 1.82) is 0 Å². The van der Waals surface area contributed by atoms with Crippen LogP contribution in [0.5, 0.6) is 11.5 Å². The highest BCUT2D eigenvalue weighted by atomic mass is 32.1. The number of anilines is 1. The smallest absolute Gasteiger partial charge is 0.183 e. The predicted octanol–water partition coefficient (Wildman–Crippen LogP) is 4.42. The summed E-state index contributed by atoms with van der Waals surface area (Å²) in [5.74, 6) is 1.53. The summed E-state index contributed by atoms with van der Waals surface area (Å²) in [5, 5.41) is 4.33. The molecule has 1 aromatic heterocycles. The molecule has 0 amide bonds. The Morgan fingerprint density at radius 1 is 1.19 bits per heavy atom. The minimum atomic E-state index is 0.124. The maximum absolute atomic E-state index is 5.74. The summed E-state index contributed by atoms with van der Waals surface area (Å²) >= 11 is 1.65. The quantitative estimate of drug-likeness (QED) is 0.858. The summed E-state index contributed by atoms with van der Waals surface area (Å²) in [7, 11) is 1.66. The molecule has 2 aromatic rings. The summed E-state index contributed by atoms with van der Waals surface area (Å²) < 4.78 is 11.2. The van der Waals surface area contributed by atoms with E-state index in [9.17, 15) is 0 Å². The largest absolute Gasteiger partial charge is 0.493 e. The molecule has 1 unspecified atom stereocenters. The molecule has 4 nitrogen and oxygen atoms in total. The molecule has 0 radical (unpaired) electrons. The average molecular weight is 306 g/mol. The first-order chi connectivity index (χ1) is 9.99. The molecule has 1 aromatic carbocycles. The van der Waals surface area contributed by atoms with E-state index in [4.69, 9.17) is 9.47 Å². The minimum Gasteiger partial charge on any atom is -0.493 e. The number of nitrogens with zero attached hydrogens (tertiary/aromatic N) is 1. The van der Waals surface area contributed by atoms with Crippen LogP contribution >= 0.6 is 11.3 Å². The Morgan fingerprint density at radius 2 is 1.95 bits per heavy atom. The predicted molar refractivity (Wildman–Crippen MR) is 87.6 cm³/mol. The fraction of sp³-hybridized carbons (Fsp3) is 0.438.